The average Bonchev–Trinajstić information content (AvgIpc) is 2.56. The van der Waals surface area contributed by atoms with E-state index in [1.54, 1.807) is 0 Å². The molecule has 0 spiro atoms. The standard InChI is InChI=1S/C15H23IN2/c1-4-15(3)11-18(10-6-9-17-15)14-8-5-7-13(16)12(14)2/h5,7-8,17H,4,6,9-11H2,1-3H3. The van der Waals surface area contributed by atoms with Crippen LogP contribution in [0.15, 0.2) is 18.2 Å². The Morgan fingerprint density at radius 3 is 2.94 bits per heavy atom. The van der Waals surface area contributed by atoms with E-state index in [0.717, 1.165) is 19.6 Å². The maximum Gasteiger partial charge on any atom is 0.0407 e. The molecule has 1 fully saturated rings. The molecule has 0 radical (unpaired) electrons. The highest BCUT2D eigenvalue weighted by Gasteiger charge is 2.27. The molecule has 0 bridgehead atoms. The minimum atomic E-state index is 0.240. The molecule has 1 aliphatic rings. The molecule has 1 aromatic rings. The van der Waals surface area contributed by atoms with Gasteiger partial charge in [-0.3, -0.25) is 0 Å². The van der Waals surface area contributed by atoms with Crippen LogP contribution in [0.4, 0.5) is 5.69 Å². The summed E-state index contributed by atoms with van der Waals surface area (Å²) in [5, 5.41) is 3.70. The second-order valence-electron chi connectivity index (χ2n) is 5.50. The summed E-state index contributed by atoms with van der Waals surface area (Å²) in [6.07, 6.45) is 2.40. The molecule has 2 rings (SSSR count). The van der Waals surface area contributed by atoms with Crippen LogP contribution >= 0.6 is 22.6 Å². The summed E-state index contributed by atoms with van der Waals surface area (Å²) >= 11 is 2.43. The maximum absolute atomic E-state index is 3.70. The van der Waals surface area contributed by atoms with Crippen molar-refractivity contribution >= 4 is 28.3 Å². The molecule has 1 aliphatic heterocycles. The van der Waals surface area contributed by atoms with Crippen LogP contribution in [-0.2, 0) is 0 Å². The lowest BCUT2D eigenvalue weighted by Crippen LogP contribution is -2.48. The Morgan fingerprint density at radius 1 is 1.44 bits per heavy atom. The fourth-order valence-electron chi connectivity index (χ4n) is 2.60. The SMILES string of the molecule is CCC1(C)CN(c2cccc(I)c2C)CCCN1. The quantitative estimate of drug-likeness (QED) is 0.814. The van der Waals surface area contributed by atoms with Crippen molar-refractivity contribution in [3.05, 3.63) is 27.3 Å². The third-order valence-electron chi connectivity index (χ3n) is 4.06. The molecule has 1 unspecified atom stereocenters. The van der Waals surface area contributed by atoms with Crippen molar-refractivity contribution in [3.8, 4) is 0 Å². The Balaban J connectivity index is 2.28. The Labute approximate surface area is 124 Å². The number of nitrogens with one attached hydrogen (secondary N) is 1. The van der Waals surface area contributed by atoms with Gasteiger partial charge in [0.1, 0.15) is 0 Å². The molecule has 1 N–H and O–H groups in total. The predicted octanol–water partition coefficient (Wildman–Crippen LogP) is 3.57. The van der Waals surface area contributed by atoms with Crippen LogP contribution in [0.5, 0.6) is 0 Å². The molecule has 0 aromatic heterocycles. The second-order valence-corrected chi connectivity index (χ2v) is 6.66. The van der Waals surface area contributed by atoms with Crippen molar-refractivity contribution in [2.24, 2.45) is 0 Å². The molecule has 100 valence electrons. The first-order valence-electron chi connectivity index (χ1n) is 6.81. The summed E-state index contributed by atoms with van der Waals surface area (Å²) in [6, 6.07) is 6.62. The molecular formula is C15H23IN2. The Kier molecular flexibility index (Phi) is 4.54. The van der Waals surface area contributed by atoms with Crippen LogP contribution in [0.25, 0.3) is 0 Å². The summed E-state index contributed by atoms with van der Waals surface area (Å²) in [5.41, 5.74) is 3.06. The van der Waals surface area contributed by atoms with Crippen LogP contribution in [-0.4, -0.2) is 25.2 Å². The van der Waals surface area contributed by atoms with Gasteiger partial charge in [0.2, 0.25) is 0 Å². The van der Waals surface area contributed by atoms with Crippen molar-refractivity contribution in [1.82, 2.24) is 5.32 Å². The fourth-order valence-corrected chi connectivity index (χ4v) is 3.08. The van der Waals surface area contributed by atoms with E-state index in [9.17, 15) is 0 Å². The van der Waals surface area contributed by atoms with Crippen LogP contribution in [0.2, 0.25) is 0 Å². The van der Waals surface area contributed by atoms with Gasteiger partial charge in [-0.15, -0.1) is 0 Å². The molecule has 0 saturated carbocycles. The van der Waals surface area contributed by atoms with Crippen LogP contribution in [0.3, 0.4) is 0 Å². The highest BCUT2D eigenvalue weighted by atomic mass is 127. The highest BCUT2D eigenvalue weighted by Crippen LogP contribution is 2.27. The molecule has 1 atom stereocenters. The van der Waals surface area contributed by atoms with Crippen LogP contribution in [0.1, 0.15) is 32.3 Å². The first-order chi connectivity index (χ1) is 8.56. The molecule has 0 amide bonds. The zero-order valence-electron chi connectivity index (χ0n) is 11.6. The van der Waals surface area contributed by atoms with E-state index < -0.39 is 0 Å². The average molecular weight is 358 g/mol. The van der Waals surface area contributed by atoms with E-state index in [4.69, 9.17) is 0 Å². The second kappa shape index (κ2) is 5.78. The minimum absolute atomic E-state index is 0.240. The van der Waals surface area contributed by atoms with Gasteiger partial charge < -0.3 is 10.2 Å². The van der Waals surface area contributed by atoms with Gasteiger partial charge in [-0.25, -0.2) is 0 Å². The molecule has 0 aliphatic carbocycles. The van der Waals surface area contributed by atoms with Gasteiger partial charge in [-0.1, -0.05) is 13.0 Å². The monoisotopic (exact) mass is 358 g/mol. The van der Waals surface area contributed by atoms with Gasteiger partial charge in [0.15, 0.2) is 0 Å². The van der Waals surface area contributed by atoms with E-state index in [2.05, 4.69) is 71.8 Å². The zero-order chi connectivity index (χ0) is 13.2. The highest BCUT2D eigenvalue weighted by molar-refractivity contribution is 14.1. The lowest BCUT2D eigenvalue weighted by molar-refractivity contribution is 0.366. The maximum atomic E-state index is 3.70. The van der Waals surface area contributed by atoms with Crippen molar-refractivity contribution in [2.45, 2.75) is 39.2 Å². The first-order valence-corrected chi connectivity index (χ1v) is 7.89. The normalized spacial score (nSPS) is 25.0. The van der Waals surface area contributed by atoms with E-state index in [-0.39, 0.29) is 5.54 Å². The smallest absolute Gasteiger partial charge is 0.0407 e. The molecule has 1 aromatic carbocycles. The molecule has 1 heterocycles. The molecule has 3 heteroatoms. The van der Waals surface area contributed by atoms with Gasteiger partial charge in [0, 0.05) is 27.9 Å². The fraction of sp³-hybridized carbons (Fsp3) is 0.600. The van der Waals surface area contributed by atoms with Crippen molar-refractivity contribution in [1.29, 1.82) is 0 Å². The number of hydrogen-bond donors (Lipinski definition) is 1. The topological polar surface area (TPSA) is 15.3 Å². The minimum Gasteiger partial charge on any atom is -0.369 e. The van der Waals surface area contributed by atoms with Crippen molar-refractivity contribution < 1.29 is 0 Å². The van der Waals surface area contributed by atoms with Crippen molar-refractivity contribution in [2.75, 3.05) is 24.5 Å². The van der Waals surface area contributed by atoms with E-state index >= 15 is 0 Å². The number of benzene rings is 1. The number of anilines is 1. The van der Waals surface area contributed by atoms with Gasteiger partial charge in [-0.2, -0.15) is 0 Å². The van der Waals surface area contributed by atoms with Crippen LogP contribution in [0, 0.1) is 10.5 Å². The lowest BCUT2D eigenvalue weighted by atomic mass is 9.98. The zero-order valence-corrected chi connectivity index (χ0v) is 13.8. The molecular weight excluding hydrogens is 335 g/mol. The number of rotatable bonds is 2. The van der Waals surface area contributed by atoms with Crippen molar-refractivity contribution in [3.63, 3.8) is 0 Å². The van der Waals surface area contributed by atoms with Gasteiger partial charge in [0.25, 0.3) is 0 Å². The van der Waals surface area contributed by atoms with Gasteiger partial charge >= 0.3 is 0 Å². The Morgan fingerprint density at radius 2 is 2.22 bits per heavy atom. The van der Waals surface area contributed by atoms with Crippen LogP contribution < -0.4 is 10.2 Å². The van der Waals surface area contributed by atoms with E-state index in [1.165, 1.54) is 27.7 Å². The summed E-state index contributed by atoms with van der Waals surface area (Å²) < 4.78 is 1.36. The Bertz CT molecular complexity index is 419. The number of halogens is 1. The summed E-state index contributed by atoms with van der Waals surface area (Å²) in [7, 11) is 0. The molecule has 18 heavy (non-hydrogen) atoms. The van der Waals surface area contributed by atoms with Gasteiger partial charge in [0.05, 0.1) is 0 Å². The summed E-state index contributed by atoms with van der Waals surface area (Å²) in [6.45, 7) is 10.2. The number of nitrogens with zero attached hydrogens (tertiary/aromatic N) is 1. The summed E-state index contributed by atoms with van der Waals surface area (Å²) in [5.74, 6) is 0. The third-order valence-corrected chi connectivity index (χ3v) is 5.23. The van der Waals surface area contributed by atoms with E-state index in [0.29, 0.717) is 0 Å². The summed E-state index contributed by atoms with van der Waals surface area (Å²) in [4.78, 5) is 2.56. The van der Waals surface area contributed by atoms with E-state index in [1.807, 2.05) is 0 Å². The number of hydrogen-bond acceptors (Lipinski definition) is 2. The van der Waals surface area contributed by atoms with Gasteiger partial charge in [-0.05, 0) is 73.5 Å². The molecule has 2 nitrogen and oxygen atoms in total. The predicted molar refractivity (Wildman–Crippen MR) is 87.4 cm³/mol. The first kappa shape index (κ1) is 14.1. The lowest BCUT2D eigenvalue weighted by Gasteiger charge is -2.34. The molecule has 1 saturated heterocycles. The largest absolute Gasteiger partial charge is 0.369 e. The Hall–Kier alpha value is -0.290. The third kappa shape index (κ3) is 2.99.